The number of rotatable bonds is 6. The highest BCUT2D eigenvalue weighted by molar-refractivity contribution is 6.08. The van der Waals surface area contributed by atoms with E-state index in [9.17, 15) is 19.5 Å². The quantitative estimate of drug-likeness (QED) is 0.756. The lowest BCUT2D eigenvalue weighted by molar-refractivity contribution is -0.154. The lowest BCUT2D eigenvalue weighted by atomic mass is 9.81. The van der Waals surface area contributed by atoms with E-state index in [0.29, 0.717) is 24.3 Å². The van der Waals surface area contributed by atoms with Crippen molar-refractivity contribution in [3.63, 3.8) is 0 Å². The third-order valence-electron chi connectivity index (χ3n) is 5.23. The van der Waals surface area contributed by atoms with Gasteiger partial charge in [0.2, 0.25) is 5.91 Å². The highest BCUT2D eigenvalue weighted by Gasteiger charge is 2.42. The van der Waals surface area contributed by atoms with Gasteiger partial charge in [-0.2, -0.15) is 0 Å². The average Bonchev–Trinajstić information content (AvgIpc) is 2.63. The van der Waals surface area contributed by atoms with E-state index < -0.39 is 17.3 Å². The molecule has 0 unspecified atom stereocenters. The summed E-state index contributed by atoms with van der Waals surface area (Å²) in [6.07, 6.45) is 0.426. The van der Waals surface area contributed by atoms with Gasteiger partial charge in [0.15, 0.2) is 0 Å². The molecular weight excluding hydrogens is 334 g/mol. The van der Waals surface area contributed by atoms with Gasteiger partial charge in [0, 0.05) is 37.4 Å². The number of amides is 2. The lowest BCUT2D eigenvalue weighted by Crippen LogP contribution is -2.47. The zero-order valence-corrected chi connectivity index (χ0v) is 15.6. The SMILES string of the molecule is CCC(CC)(C(=O)O)C(=O)Nc1ccc(C(=O)N2CCN(C)CC2)cc1. The maximum absolute atomic E-state index is 12.5. The second kappa shape index (κ2) is 8.31. The van der Waals surface area contributed by atoms with Crippen LogP contribution in [0.15, 0.2) is 24.3 Å². The zero-order valence-electron chi connectivity index (χ0n) is 15.6. The molecule has 1 aromatic carbocycles. The summed E-state index contributed by atoms with van der Waals surface area (Å²) < 4.78 is 0. The van der Waals surface area contributed by atoms with Crippen LogP contribution >= 0.6 is 0 Å². The van der Waals surface area contributed by atoms with Gasteiger partial charge in [0.25, 0.3) is 5.91 Å². The van der Waals surface area contributed by atoms with Gasteiger partial charge < -0.3 is 20.2 Å². The first-order valence-electron chi connectivity index (χ1n) is 8.96. The van der Waals surface area contributed by atoms with E-state index >= 15 is 0 Å². The number of carbonyl (C=O) groups excluding carboxylic acids is 2. The van der Waals surface area contributed by atoms with E-state index in [2.05, 4.69) is 10.2 Å². The summed E-state index contributed by atoms with van der Waals surface area (Å²) in [5.74, 6) is -1.69. The van der Waals surface area contributed by atoms with Gasteiger partial charge >= 0.3 is 5.97 Å². The molecule has 0 aromatic heterocycles. The Morgan fingerprint density at radius 1 is 1.04 bits per heavy atom. The summed E-state index contributed by atoms with van der Waals surface area (Å²) in [5, 5.41) is 12.1. The fraction of sp³-hybridized carbons (Fsp3) is 0.526. The second-order valence-electron chi connectivity index (χ2n) is 6.72. The molecule has 142 valence electrons. The number of aliphatic carboxylic acids is 1. The number of benzene rings is 1. The van der Waals surface area contributed by atoms with Crippen molar-refractivity contribution in [2.24, 2.45) is 5.41 Å². The van der Waals surface area contributed by atoms with Crippen molar-refractivity contribution in [1.29, 1.82) is 0 Å². The highest BCUT2D eigenvalue weighted by atomic mass is 16.4. The van der Waals surface area contributed by atoms with Gasteiger partial charge in [0.1, 0.15) is 5.41 Å². The van der Waals surface area contributed by atoms with Crippen LogP contribution in [0.1, 0.15) is 37.0 Å². The van der Waals surface area contributed by atoms with Crippen molar-refractivity contribution in [3.8, 4) is 0 Å². The highest BCUT2D eigenvalue weighted by Crippen LogP contribution is 2.28. The summed E-state index contributed by atoms with van der Waals surface area (Å²) in [6.45, 7) is 6.48. The molecule has 7 nitrogen and oxygen atoms in total. The van der Waals surface area contributed by atoms with Crippen LogP contribution < -0.4 is 5.32 Å². The fourth-order valence-corrected chi connectivity index (χ4v) is 3.11. The van der Waals surface area contributed by atoms with E-state index in [4.69, 9.17) is 0 Å². The van der Waals surface area contributed by atoms with Crippen LogP contribution in [0.2, 0.25) is 0 Å². The predicted molar refractivity (Wildman–Crippen MR) is 99.1 cm³/mol. The second-order valence-corrected chi connectivity index (χ2v) is 6.72. The summed E-state index contributed by atoms with van der Waals surface area (Å²) in [6, 6.07) is 6.60. The molecule has 1 heterocycles. The van der Waals surface area contributed by atoms with Crippen LogP contribution in [0.4, 0.5) is 5.69 Å². The maximum Gasteiger partial charge on any atom is 0.319 e. The molecule has 0 radical (unpaired) electrons. The molecule has 1 fully saturated rings. The van der Waals surface area contributed by atoms with Crippen LogP contribution in [-0.4, -0.2) is 65.9 Å². The molecule has 2 amide bonds. The van der Waals surface area contributed by atoms with Gasteiger partial charge in [-0.3, -0.25) is 14.4 Å². The Bertz CT molecular complexity index is 660. The first kappa shape index (κ1) is 19.9. The molecule has 0 saturated carbocycles. The largest absolute Gasteiger partial charge is 0.480 e. The lowest BCUT2D eigenvalue weighted by Gasteiger charge is -2.32. The third-order valence-corrected chi connectivity index (χ3v) is 5.23. The van der Waals surface area contributed by atoms with Crippen molar-refractivity contribution in [3.05, 3.63) is 29.8 Å². The number of anilines is 1. The van der Waals surface area contributed by atoms with E-state index in [-0.39, 0.29) is 18.7 Å². The standard InChI is InChI=1S/C19H27N3O4/c1-4-19(5-2,18(25)26)17(24)20-15-8-6-14(7-9-15)16(23)22-12-10-21(3)11-13-22/h6-9H,4-5,10-13H2,1-3H3,(H,20,24)(H,25,26). The molecule has 0 spiro atoms. The molecule has 0 bridgehead atoms. The van der Waals surface area contributed by atoms with Gasteiger partial charge in [-0.25, -0.2) is 0 Å². The molecule has 2 N–H and O–H groups in total. The Hall–Kier alpha value is -2.41. The number of hydrogen-bond donors (Lipinski definition) is 2. The van der Waals surface area contributed by atoms with E-state index in [1.807, 2.05) is 11.9 Å². The zero-order chi connectivity index (χ0) is 19.3. The smallest absolute Gasteiger partial charge is 0.319 e. The molecule has 1 aromatic rings. The maximum atomic E-state index is 12.5. The fourth-order valence-electron chi connectivity index (χ4n) is 3.11. The van der Waals surface area contributed by atoms with Crippen LogP contribution in [0.25, 0.3) is 0 Å². The molecule has 1 aliphatic heterocycles. The summed E-state index contributed by atoms with van der Waals surface area (Å²) in [4.78, 5) is 40.5. The summed E-state index contributed by atoms with van der Waals surface area (Å²) >= 11 is 0. The number of nitrogens with one attached hydrogen (secondary N) is 1. The number of hydrogen-bond acceptors (Lipinski definition) is 4. The minimum atomic E-state index is -1.44. The van der Waals surface area contributed by atoms with Crippen LogP contribution in [0.3, 0.4) is 0 Å². The normalized spacial score (nSPS) is 15.6. The topological polar surface area (TPSA) is 89.9 Å². The van der Waals surface area contributed by atoms with Gasteiger partial charge in [-0.1, -0.05) is 13.8 Å². The minimum Gasteiger partial charge on any atom is -0.480 e. The van der Waals surface area contributed by atoms with E-state index in [1.165, 1.54) is 0 Å². The van der Waals surface area contributed by atoms with Crippen LogP contribution in [0.5, 0.6) is 0 Å². The molecule has 1 aliphatic rings. The molecule has 0 atom stereocenters. The Balaban J connectivity index is 2.06. The van der Waals surface area contributed by atoms with Crippen molar-refractivity contribution in [2.45, 2.75) is 26.7 Å². The monoisotopic (exact) mass is 361 g/mol. The number of carboxylic acids is 1. The van der Waals surface area contributed by atoms with Gasteiger partial charge in [-0.05, 0) is 44.2 Å². The number of nitrogens with zero attached hydrogens (tertiary/aromatic N) is 2. The Kier molecular flexibility index (Phi) is 6.37. The predicted octanol–water partition coefficient (Wildman–Crippen LogP) is 1.90. The first-order valence-corrected chi connectivity index (χ1v) is 8.96. The third kappa shape index (κ3) is 4.04. The Morgan fingerprint density at radius 3 is 2.04 bits per heavy atom. The number of carboxylic acid groups (broad SMARTS) is 1. The van der Waals surface area contributed by atoms with Crippen molar-refractivity contribution in [2.75, 3.05) is 38.5 Å². The van der Waals surface area contributed by atoms with Crippen molar-refractivity contribution in [1.82, 2.24) is 9.80 Å². The van der Waals surface area contributed by atoms with Gasteiger partial charge in [0.05, 0.1) is 0 Å². The average molecular weight is 361 g/mol. The molecule has 26 heavy (non-hydrogen) atoms. The van der Waals surface area contributed by atoms with Crippen molar-refractivity contribution >= 4 is 23.5 Å². The minimum absolute atomic E-state index is 0.0297. The van der Waals surface area contributed by atoms with Crippen LogP contribution in [-0.2, 0) is 9.59 Å². The molecular formula is C19H27N3O4. The number of piperazine rings is 1. The number of likely N-dealkylation sites (N-methyl/N-ethyl adjacent to an activating group) is 1. The Morgan fingerprint density at radius 2 is 1.58 bits per heavy atom. The molecule has 7 heteroatoms. The van der Waals surface area contributed by atoms with Gasteiger partial charge in [-0.15, -0.1) is 0 Å². The summed E-state index contributed by atoms with van der Waals surface area (Å²) in [7, 11) is 2.03. The van der Waals surface area contributed by atoms with E-state index in [1.54, 1.807) is 38.1 Å². The molecule has 0 aliphatic carbocycles. The Labute approximate surface area is 154 Å². The number of carbonyl (C=O) groups is 3. The van der Waals surface area contributed by atoms with E-state index in [0.717, 1.165) is 13.1 Å². The van der Waals surface area contributed by atoms with Crippen molar-refractivity contribution < 1.29 is 19.5 Å². The summed E-state index contributed by atoms with van der Waals surface area (Å²) in [5.41, 5.74) is -0.394. The first-order chi connectivity index (χ1) is 12.3. The molecule has 2 rings (SSSR count). The van der Waals surface area contributed by atoms with Crippen LogP contribution in [0, 0.1) is 5.41 Å². The molecule has 1 saturated heterocycles.